The maximum atomic E-state index is 11.9. The first-order valence-electron chi connectivity index (χ1n) is 6.09. The van der Waals surface area contributed by atoms with Gasteiger partial charge in [0.2, 0.25) is 0 Å². The molecule has 0 bridgehead atoms. The van der Waals surface area contributed by atoms with Crippen LogP contribution in [0.5, 0.6) is 0 Å². The van der Waals surface area contributed by atoms with Crippen molar-refractivity contribution in [3.63, 3.8) is 0 Å². The van der Waals surface area contributed by atoms with Crippen LogP contribution in [0, 0.1) is 0 Å². The van der Waals surface area contributed by atoms with Crippen LogP contribution in [0.4, 0.5) is 4.79 Å². The molecular weight excluding hydrogens is 232 g/mol. The molecule has 1 aliphatic rings. The van der Waals surface area contributed by atoms with Crippen molar-refractivity contribution in [2.24, 2.45) is 0 Å². The predicted octanol–water partition coefficient (Wildman–Crippen LogP) is 1.33. The standard InChI is InChI=1S/C13H18N2O3/c1-4-12(2)13(3,17)15(11(16)18-12)9-10-6-5-7-14-8-10/h5-8,17H,4,9H2,1-3H3/p+1. The molecule has 5 heteroatoms. The van der Waals surface area contributed by atoms with E-state index in [1.807, 2.05) is 19.1 Å². The van der Waals surface area contributed by atoms with Crippen molar-refractivity contribution < 1.29 is 19.6 Å². The quantitative estimate of drug-likeness (QED) is 0.881. The van der Waals surface area contributed by atoms with Gasteiger partial charge >= 0.3 is 6.09 Å². The first-order chi connectivity index (χ1) is 8.40. The fraction of sp³-hybridized carbons (Fsp3) is 0.538. The maximum absolute atomic E-state index is 11.9. The molecule has 1 saturated heterocycles. The van der Waals surface area contributed by atoms with Gasteiger partial charge in [-0.2, -0.15) is 0 Å². The van der Waals surface area contributed by atoms with E-state index < -0.39 is 17.4 Å². The molecule has 1 aromatic heterocycles. The van der Waals surface area contributed by atoms with Gasteiger partial charge in [0, 0.05) is 11.6 Å². The first kappa shape index (κ1) is 12.8. The van der Waals surface area contributed by atoms with E-state index in [9.17, 15) is 9.90 Å². The van der Waals surface area contributed by atoms with Crippen LogP contribution in [0.25, 0.3) is 0 Å². The minimum absolute atomic E-state index is 0.318. The molecule has 0 spiro atoms. The summed E-state index contributed by atoms with van der Waals surface area (Å²) < 4.78 is 5.32. The second kappa shape index (κ2) is 4.24. The number of ether oxygens (including phenoxy) is 1. The minimum atomic E-state index is -1.31. The zero-order chi connectivity index (χ0) is 13.4. The van der Waals surface area contributed by atoms with Crippen LogP contribution in [-0.4, -0.2) is 27.4 Å². The highest BCUT2D eigenvalue weighted by molar-refractivity contribution is 5.72. The number of nitrogens with one attached hydrogen (secondary N) is 1. The predicted molar refractivity (Wildman–Crippen MR) is 64.3 cm³/mol. The minimum Gasteiger partial charge on any atom is -0.438 e. The lowest BCUT2D eigenvalue weighted by molar-refractivity contribution is -0.378. The molecule has 18 heavy (non-hydrogen) atoms. The Morgan fingerprint density at radius 3 is 2.72 bits per heavy atom. The van der Waals surface area contributed by atoms with Crippen molar-refractivity contribution in [1.29, 1.82) is 0 Å². The smallest absolute Gasteiger partial charge is 0.413 e. The van der Waals surface area contributed by atoms with Gasteiger partial charge in [-0.05, 0) is 26.3 Å². The average Bonchev–Trinajstić information content (AvgIpc) is 2.51. The van der Waals surface area contributed by atoms with E-state index in [1.165, 1.54) is 4.90 Å². The lowest BCUT2D eigenvalue weighted by Gasteiger charge is -2.36. The lowest BCUT2D eigenvalue weighted by atomic mass is 9.90. The molecule has 5 nitrogen and oxygen atoms in total. The van der Waals surface area contributed by atoms with E-state index in [0.717, 1.165) is 5.56 Å². The van der Waals surface area contributed by atoms with E-state index in [-0.39, 0.29) is 0 Å². The van der Waals surface area contributed by atoms with Crippen molar-refractivity contribution in [2.45, 2.75) is 45.1 Å². The molecule has 2 N–H and O–H groups in total. The van der Waals surface area contributed by atoms with Gasteiger partial charge in [0.25, 0.3) is 0 Å². The van der Waals surface area contributed by atoms with Crippen molar-refractivity contribution in [2.75, 3.05) is 0 Å². The van der Waals surface area contributed by atoms with E-state index in [1.54, 1.807) is 26.2 Å². The second-order valence-electron chi connectivity index (χ2n) is 4.97. The van der Waals surface area contributed by atoms with E-state index in [2.05, 4.69) is 4.98 Å². The number of amides is 1. The maximum Gasteiger partial charge on any atom is 0.413 e. The largest absolute Gasteiger partial charge is 0.438 e. The summed E-state index contributed by atoms with van der Waals surface area (Å²) in [5.41, 5.74) is -1.27. The van der Waals surface area contributed by atoms with Gasteiger partial charge in [0.15, 0.2) is 23.7 Å². The Kier molecular flexibility index (Phi) is 3.02. The second-order valence-corrected chi connectivity index (χ2v) is 4.97. The van der Waals surface area contributed by atoms with Crippen LogP contribution in [0.1, 0.15) is 32.8 Å². The Labute approximate surface area is 106 Å². The Morgan fingerprint density at radius 2 is 2.22 bits per heavy atom. The molecular formula is C13H19N2O3+. The van der Waals surface area contributed by atoms with E-state index in [4.69, 9.17) is 4.74 Å². The van der Waals surface area contributed by atoms with E-state index >= 15 is 0 Å². The van der Waals surface area contributed by atoms with Crippen molar-refractivity contribution >= 4 is 6.09 Å². The molecule has 0 radical (unpaired) electrons. The number of hydrogen-bond acceptors (Lipinski definition) is 3. The van der Waals surface area contributed by atoms with Crippen LogP contribution >= 0.6 is 0 Å². The first-order valence-corrected chi connectivity index (χ1v) is 6.09. The summed E-state index contributed by atoms with van der Waals surface area (Å²) in [5.74, 6) is 0. The molecule has 98 valence electrons. The number of aliphatic hydroxyl groups is 1. The number of nitrogens with zero attached hydrogens (tertiary/aromatic N) is 1. The number of rotatable bonds is 3. The number of carbonyl (C=O) groups excluding carboxylic acids is 1. The van der Waals surface area contributed by atoms with Crippen LogP contribution in [-0.2, 0) is 11.3 Å². The Hall–Kier alpha value is -1.62. The summed E-state index contributed by atoms with van der Waals surface area (Å²) in [5, 5.41) is 10.6. The zero-order valence-electron chi connectivity index (χ0n) is 10.9. The summed E-state index contributed by atoms with van der Waals surface area (Å²) in [7, 11) is 0. The molecule has 0 aliphatic carbocycles. The fourth-order valence-electron chi connectivity index (χ4n) is 2.14. The van der Waals surface area contributed by atoms with Gasteiger partial charge in [-0.15, -0.1) is 0 Å². The van der Waals surface area contributed by atoms with Crippen LogP contribution in [0.15, 0.2) is 24.5 Å². The zero-order valence-corrected chi connectivity index (χ0v) is 10.9. The normalized spacial score (nSPS) is 31.6. The molecule has 0 aromatic carbocycles. The van der Waals surface area contributed by atoms with E-state index in [0.29, 0.717) is 13.0 Å². The third kappa shape index (κ3) is 1.84. The molecule has 2 unspecified atom stereocenters. The SMILES string of the molecule is CCC1(C)OC(=O)N(Cc2ccc[nH+]c2)C1(C)O. The number of cyclic esters (lactones) is 1. The monoisotopic (exact) mass is 251 g/mol. The molecule has 1 aromatic rings. The van der Waals surface area contributed by atoms with Gasteiger partial charge < -0.3 is 9.84 Å². The summed E-state index contributed by atoms with van der Waals surface area (Å²) in [6, 6.07) is 3.74. The average molecular weight is 251 g/mol. The topological polar surface area (TPSA) is 63.9 Å². The summed E-state index contributed by atoms with van der Waals surface area (Å²) in [6.45, 7) is 5.58. The highest BCUT2D eigenvalue weighted by Gasteiger charge is 2.58. The summed E-state index contributed by atoms with van der Waals surface area (Å²) in [6.07, 6.45) is 3.67. The number of aromatic amines is 1. The van der Waals surface area contributed by atoms with Crippen molar-refractivity contribution in [3.8, 4) is 0 Å². The Bertz CT molecular complexity index is 447. The highest BCUT2D eigenvalue weighted by atomic mass is 16.6. The number of hydrogen-bond donors (Lipinski definition) is 1. The fourth-order valence-corrected chi connectivity index (χ4v) is 2.14. The third-order valence-corrected chi connectivity index (χ3v) is 3.85. The number of H-pyrrole nitrogens is 1. The lowest BCUT2D eigenvalue weighted by Crippen LogP contribution is -2.54. The third-order valence-electron chi connectivity index (χ3n) is 3.85. The van der Waals surface area contributed by atoms with Gasteiger partial charge in [0.1, 0.15) is 0 Å². The molecule has 2 atom stereocenters. The molecule has 1 aliphatic heterocycles. The van der Waals surface area contributed by atoms with Crippen LogP contribution < -0.4 is 4.98 Å². The number of aromatic nitrogens is 1. The molecule has 2 heterocycles. The van der Waals surface area contributed by atoms with Crippen molar-refractivity contribution in [1.82, 2.24) is 4.90 Å². The van der Waals surface area contributed by atoms with Gasteiger partial charge in [-0.1, -0.05) is 6.92 Å². The Morgan fingerprint density at radius 1 is 1.50 bits per heavy atom. The summed E-state index contributed by atoms with van der Waals surface area (Å²) >= 11 is 0. The highest BCUT2D eigenvalue weighted by Crippen LogP contribution is 2.40. The van der Waals surface area contributed by atoms with Gasteiger partial charge in [-0.25, -0.2) is 9.78 Å². The number of pyridine rings is 1. The van der Waals surface area contributed by atoms with Gasteiger partial charge in [0.05, 0.1) is 6.54 Å². The number of carbonyl (C=O) groups is 1. The molecule has 1 amide bonds. The Balaban J connectivity index is 2.26. The van der Waals surface area contributed by atoms with Gasteiger partial charge in [-0.3, -0.25) is 4.90 Å². The molecule has 0 saturated carbocycles. The molecule has 2 rings (SSSR count). The molecule has 1 fully saturated rings. The van der Waals surface area contributed by atoms with Crippen molar-refractivity contribution in [3.05, 3.63) is 30.1 Å². The summed E-state index contributed by atoms with van der Waals surface area (Å²) in [4.78, 5) is 16.2. The van der Waals surface area contributed by atoms with Crippen LogP contribution in [0.2, 0.25) is 0 Å². The van der Waals surface area contributed by atoms with Crippen LogP contribution in [0.3, 0.4) is 0 Å².